The Kier molecular flexibility index (Phi) is 21.9. The molecule has 0 rings (SSSR count). The predicted octanol–water partition coefficient (Wildman–Crippen LogP) is -1.91. The molecule has 0 amide bonds. The molecule has 9 heavy (non-hydrogen) atoms. The van der Waals surface area contributed by atoms with Crippen molar-refractivity contribution >= 4 is 15.1 Å². The normalized spacial score (nSPS) is 7.00. The van der Waals surface area contributed by atoms with Gasteiger partial charge in [0, 0.05) is 0 Å². The third kappa shape index (κ3) is 9.13. The van der Waals surface area contributed by atoms with Crippen LogP contribution in [-0.2, 0) is 0 Å². The monoisotopic (exact) mass is 136 g/mol. The van der Waals surface area contributed by atoms with Crippen molar-refractivity contribution < 1.29 is 29.6 Å². The molecule has 0 aromatic heterocycles. The van der Waals surface area contributed by atoms with Gasteiger partial charge in [-0.3, -0.25) is 0 Å². The van der Waals surface area contributed by atoms with E-state index in [0.717, 1.165) is 6.71 Å². The average molecular weight is 136 g/mol. The van der Waals surface area contributed by atoms with Crippen molar-refractivity contribution in [3.8, 4) is 0 Å². The second-order valence-electron chi connectivity index (χ2n) is 2.09. The zero-order valence-corrected chi connectivity index (χ0v) is 8.70. The van der Waals surface area contributed by atoms with Gasteiger partial charge in [-0.05, 0) is 0 Å². The molecule has 0 saturated carbocycles. The largest absolute Gasteiger partial charge is 1.00 e. The SMILES string of the molecule is CCB(CC)CC.[BH4-].[Na+]. The van der Waals surface area contributed by atoms with Gasteiger partial charge in [0.2, 0.25) is 0 Å². The van der Waals surface area contributed by atoms with Crippen molar-refractivity contribution in [1.29, 1.82) is 0 Å². The minimum atomic E-state index is 0. The second kappa shape index (κ2) is 11.9. The number of hydrogen-bond donors (Lipinski definition) is 0. The van der Waals surface area contributed by atoms with E-state index >= 15 is 0 Å². The molecular formula is C6H19B2Na. The Morgan fingerprint density at radius 3 is 1.11 bits per heavy atom. The first kappa shape index (κ1) is 16.6. The molecule has 0 bridgehead atoms. The van der Waals surface area contributed by atoms with Gasteiger partial charge in [-0.2, -0.15) is 0 Å². The van der Waals surface area contributed by atoms with Crippen LogP contribution >= 0.6 is 0 Å². The van der Waals surface area contributed by atoms with Crippen molar-refractivity contribution in [2.75, 3.05) is 0 Å². The Hall–Kier alpha value is 1.13. The van der Waals surface area contributed by atoms with E-state index in [4.69, 9.17) is 0 Å². The summed E-state index contributed by atoms with van der Waals surface area (Å²) in [7, 11) is 0. The van der Waals surface area contributed by atoms with E-state index in [2.05, 4.69) is 20.8 Å². The van der Waals surface area contributed by atoms with Gasteiger partial charge in [0.1, 0.15) is 6.71 Å². The first-order valence-corrected chi connectivity index (χ1v) is 3.35. The number of rotatable bonds is 3. The molecule has 0 aromatic rings. The van der Waals surface area contributed by atoms with Gasteiger partial charge in [-0.25, -0.2) is 0 Å². The summed E-state index contributed by atoms with van der Waals surface area (Å²) in [6.45, 7) is 7.77. The third-order valence-corrected chi connectivity index (χ3v) is 1.73. The van der Waals surface area contributed by atoms with E-state index in [-0.39, 0.29) is 38.0 Å². The smallest absolute Gasteiger partial charge is 0.0770 e. The third-order valence-electron chi connectivity index (χ3n) is 1.73. The Morgan fingerprint density at radius 1 is 0.889 bits per heavy atom. The zero-order chi connectivity index (χ0) is 5.70. The minimum Gasteiger partial charge on any atom is -0.0770 e. The van der Waals surface area contributed by atoms with Gasteiger partial charge >= 0.3 is 29.6 Å². The Morgan fingerprint density at radius 2 is 1.11 bits per heavy atom. The molecule has 0 N–H and O–H groups in total. The summed E-state index contributed by atoms with van der Waals surface area (Å²) < 4.78 is 0. The maximum atomic E-state index is 2.26. The van der Waals surface area contributed by atoms with E-state index in [1.54, 1.807) is 0 Å². The molecule has 50 valence electrons. The Balaban J connectivity index is -0.000000180. The molecule has 0 spiro atoms. The summed E-state index contributed by atoms with van der Waals surface area (Å²) in [5, 5.41) is 0. The molecule has 0 atom stereocenters. The fourth-order valence-corrected chi connectivity index (χ4v) is 0.866. The average Bonchev–Trinajstić information content (AvgIpc) is 1.72. The van der Waals surface area contributed by atoms with E-state index in [0.29, 0.717) is 0 Å². The summed E-state index contributed by atoms with van der Waals surface area (Å²) in [6, 6.07) is 0. The maximum absolute atomic E-state index is 2.26. The summed E-state index contributed by atoms with van der Waals surface area (Å²) in [4.78, 5) is 0. The molecule has 3 heteroatoms. The predicted molar refractivity (Wildman–Crippen MR) is 48.5 cm³/mol. The molecular weight excluding hydrogens is 117 g/mol. The van der Waals surface area contributed by atoms with Gasteiger partial charge in [-0.1, -0.05) is 48.1 Å². The summed E-state index contributed by atoms with van der Waals surface area (Å²) in [5.74, 6) is 0. The van der Waals surface area contributed by atoms with Crippen LogP contribution in [0.1, 0.15) is 20.8 Å². The van der Waals surface area contributed by atoms with Crippen LogP contribution in [0.15, 0.2) is 0 Å². The molecule has 0 radical (unpaired) electrons. The zero-order valence-electron chi connectivity index (χ0n) is 6.70. The Bertz CT molecular complexity index is 32.5. The van der Waals surface area contributed by atoms with Crippen LogP contribution in [0.4, 0.5) is 0 Å². The van der Waals surface area contributed by atoms with E-state index in [9.17, 15) is 0 Å². The van der Waals surface area contributed by atoms with Crippen LogP contribution < -0.4 is 29.6 Å². The molecule has 0 aliphatic rings. The quantitative estimate of drug-likeness (QED) is 0.397. The maximum Gasteiger partial charge on any atom is 1.00 e. The summed E-state index contributed by atoms with van der Waals surface area (Å²) in [5.41, 5.74) is 0. The molecule has 0 aliphatic carbocycles. The summed E-state index contributed by atoms with van der Waals surface area (Å²) >= 11 is 0. The fraction of sp³-hybridized carbons (Fsp3) is 1.00. The van der Waals surface area contributed by atoms with Crippen LogP contribution in [0, 0.1) is 0 Å². The molecule has 0 aliphatic heterocycles. The van der Waals surface area contributed by atoms with Crippen molar-refractivity contribution in [1.82, 2.24) is 0 Å². The van der Waals surface area contributed by atoms with Crippen LogP contribution in [0.5, 0.6) is 0 Å². The minimum absolute atomic E-state index is 0. The van der Waals surface area contributed by atoms with Gasteiger partial charge in [0.05, 0.1) is 0 Å². The van der Waals surface area contributed by atoms with Gasteiger partial charge in [0.25, 0.3) is 0 Å². The molecule has 0 heterocycles. The van der Waals surface area contributed by atoms with Crippen molar-refractivity contribution in [2.24, 2.45) is 0 Å². The van der Waals surface area contributed by atoms with Crippen LogP contribution in [0.2, 0.25) is 19.0 Å². The van der Waals surface area contributed by atoms with Crippen LogP contribution in [-0.4, -0.2) is 15.1 Å². The standard InChI is InChI=1S/C6H15B.BH4.Na/c1-4-7(5-2)6-3;;/h4-6H2,1-3H3;1H4;/q;-1;+1. The summed E-state index contributed by atoms with van der Waals surface area (Å²) in [6.07, 6.45) is 4.06. The van der Waals surface area contributed by atoms with E-state index in [1.165, 1.54) is 19.0 Å². The molecule has 0 fully saturated rings. The van der Waals surface area contributed by atoms with Gasteiger partial charge in [0.15, 0.2) is 0 Å². The van der Waals surface area contributed by atoms with Crippen molar-refractivity contribution in [3.05, 3.63) is 0 Å². The van der Waals surface area contributed by atoms with Gasteiger partial charge < -0.3 is 0 Å². The Labute approximate surface area is 84.1 Å². The van der Waals surface area contributed by atoms with Crippen LogP contribution in [0.3, 0.4) is 0 Å². The van der Waals surface area contributed by atoms with E-state index in [1.807, 2.05) is 0 Å². The fourth-order valence-electron chi connectivity index (χ4n) is 0.866. The molecule has 0 unspecified atom stereocenters. The second-order valence-corrected chi connectivity index (χ2v) is 2.09. The van der Waals surface area contributed by atoms with Crippen molar-refractivity contribution in [3.63, 3.8) is 0 Å². The molecule has 0 aromatic carbocycles. The first-order valence-electron chi connectivity index (χ1n) is 3.35. The number of hydrogen-bond acceptors (Lipinski definition) is 0. The van der Waals surface area contributed by atoms with Crippen LogP contribution in [0.25, 0.3) is 0 Å². The van der Waals surface area contributed by atoms with Crippen molar-refractivity contribution in [2.45, 2.75) is 39.7 Å². The molecule has 0 nitrogen and oxygen atoms in total. The molecule has 0 saturated heterocycles. The first-order chi connectivity index (χ1) is 3.35. The van der Waals surface area contributed by atoms with Gasteiger partial charge in [-0.15, -0.1) is 0 Å². The topological polar surface area (TPSA) is 0 Å². The van der Waals surface area contributed by atoms with E-state index < -0.39 is 0 Å².